The zero-order valence-electron chi connectivity index (χ0n) is 19.1. The summed E-state index contributed by atoms with van der Waals surface area (Å²) in [5.74, 6) is 4.47. The summed E-state index contributed by atoms with van der Waals surface area (Å²) in [5, 5.41) is 11.0. The molecule has 1 aliphatic rings. The molecule has 1 aliphatic heterocycles. The molecule has 0 unspecified atom stereocenters. The van der Waals surface area contributed by atoms with E-state index in [1.165, 1.54) is 5.56 Å². The van der Waals surface area contributed by atoms with Crippen LogP contribution in [0.1, 0.15) is 23.1 Å². The van der Waals surface area contributed by atoms with Crippen LogP contribution in [0.15, 0.2) is 54.9 Å². The van der Waals surface area contributed by atoms with Gasteiger partial charge >= 0.3 is 0 Å². The molecule has 33 heavy (non-hydrogen) atoms. The lowest BCUT2D eigenvalue weighted by molar-refractivity contribution is 0.205. The number of benzene rings is 2. The maximum atomic E-state index is 11.0. The van der Waals surface area contributed by atoms with Crippen LogP contribution in [0.4, 0.5) is 5.69 Å². The third-order valence-electron chi connectivity index (χ3n) is 5.99. The monoisotopic (exact) mass is 446 g/mol. The molecule has 2 aromatic carbocycles. The molecule has 0 amide bonds. The SMILES string of the molecule is C#CCOc1ccc(CN2CCN(c3ccccc3[C@@H](O)c3nccn3C)CC2)cc1OC. The van der Waals surface area contributed by atoms with Gasteiger partial charge in [0.05, 0.1) is 7.11 Å². The van der Waals surface area contributed by atoms with E-state index in [0.29, 0.717) is 17.3 Å². The standard InChI is InChI=1S/C26H30N4O3/c1-4-17-33-23-10-9-20(18-24(23)32-3)19-29-13-15-30(16-14-29)22-8-6-5-7-21(22)25(31)26-27-11-12-28(26)2/h1,5-12,18,25,31H,13-17,19H2,2-3H3/t25-/m1/s1. The number of piperazine rings is 1. The molecule has 1 N–H and O–H groups in total. The lowest BCUT2D eigenvalue weighted by atomic mass is 10.0. The predicted octanol–water partition coefficient (Wildman–Crippen LogP) is 2.84. The summed E-state index contributed by atoms with van der Waals surface area (Å²) < 4.78 is 12.9. The number of anilines is 1. The van der Waals surface area contributed by atoms with Crippen molar-refractivity contribution in [1.82, 2.24) is 14.5 Å². The van der Waals surface area contributed by atoms with E-state index in [2.05, 4.69) is 32.8 Å². The molecule has 1 saturated heterocycles. The Morgan fingerprint density at radius 3 is 2.61 bits per heavy atom. The van der Waals surface area contributed by atoms with Gasteiger partial charge in [-0.15, -0.1) is 6.42 Å². The van der Waals surface area contributed by atoms with Crippen LogP contribution in [-0.4, -0.2) is 59.5 Å². The molecule has 0 spiro atoms. The molecule has 1 aromatic heterocycles. The number of aryl methyl sites for hydroxylation is 1. The van der Waals surface area contributed by atoms with Crippen molar-refractivity contribution in [2.45, 2.75) is 12.6 Å². The number of aromatic nitrogens is 2. The normalized spacial score (nSPS) is 15.2. The summed E-state index contributed by atoms with van der Waals surface area (Å²) in [6, 6.07) is 14.0. The Bertz CT molecular complexity index is 1110. The van der Waals surface area contributed by atoms with Crippen LogP contribution >= 0.6 is 0 Å². The minimum absolute atomic E-state index is 0.216. The van der Waals surface area contributed by atoms with Crippen LogP contribution in [0.2, 0.25) is 0 Å². The van der Waals surface area contributed by atoms with Gasteiger partial charge < -0.3 is 24.0 Å². The first-order valence-electron chi connectivity index (χ1n) is 11.1. The molecule has 0 saturated carbocycles. The van der Waals surface area contributed by atoms with E-state index in [1.54, 1.807) is 13.3 Å². The Labute approximate surface area is 195 Å². The maximum Gasteiger partial charge on any atom is 0.162 e. The number of hydrogen-bond acceptors (Lipinski definition) is 6. The summed E-state index contributed by atoms with van der Waals surface area (Å²) in [7, 11) is 3.53. The van der Waals surface area contributed by atoms with E-state index in [1.807, 2.05) is 48.1 Å². The van der Waals surface area contributed by atoms with Crippen LogP contribution < -0.4 is 14.4 Å². The molecular formula is C26H30N4O3. The minimum atomic E-state index is -0.762. The average molecular weight is 447 g/mol. The smallest absolute Gasteiger partial charge is 0.162 e. The second-order valence-corrected chi connectivity index (χ2v) is 8.10. The van der Waals surface area contributed by atoms with Crippen molar-refractivity contribution in [3.63, 3.8) is 0 Å². The Morgan fingerprint density at radius 1 is 1.12 bits per heavy atom. The second-order valence-electron chi connectivity index (χ2n) is 8.10. The fraction of sp³-hybridized carbons (Fsp3) is 0.346. The highest BCUT2D eigenvalue weighted by Gasteiger charge is 2.24. The lowest BCUT2D eigenvalue weighted by Gasteiger charge is -2.37. The fourth-order valence-corrected chi connectivity index (χ4v) is 4.24. The van der Waals surface area contributed by atoms with Gasteiger partial charge in [0.2, 0.25) is 0 Å². The number of aliphatic hydroxyl groups is 1. The number of para-hydroxylation sites is 1. The van der Waals surface area contributed by atoms with E-state index in [9.17, 15) is 5.11 Å². The Morgan fingerprint density at radius 2 is 1.91 bits per heavy atom. The number of terminal acetylenes is 1. The zero-order chi connectivity index (χ0) is 23.2. The highest BCUT2D eigenvalue weighted by Crippen LogP contribution is 2.31. The number of hydrogen-bond donors (Lipinski definition) is 1. The van der Waals surface area contributed by atoms with Crippen LogP contribution in [0.25, 0.3) is 0 Å². The van der Waals surface area contributed by atoms with Crippen molar-refractivity contribution in [2.24, 2.45) is 7.05 Å². The van der Waals surface area contributed by atoms with Gasteiger partial charge in [-0.3, -0.25) is 4.90 Å². The number of methoxy groups -OCH3 is 1. The first-order chi connectivity index (χ1) is 16.1. The van der Waals surface area contributed by atoms with E-state index in [0.717, 1.165) is 44.0 Å². The molecule has 2 heterocycles. The first kappa shape index (κ1) is 22.7. The molecule has 1 atom stereocenters. The molecule has 7 nitrogen and oxygen atoms in total. The van der Waals surface area contributed by atoms with Gasteiger partial charge in [0.25, 0.3) is 0 Å². The lowest BCUT2D eigenvalue weighted by Crippen LogP contribution is -2.46. The van der Waals surface area contributed by atoms with Gasteiger partial charge in [-0.05, 0) is 23.8 Å². The van der Waals surface area contributed by atoms with Gasteiger partial charge in [0.1, 0.15) is 18.5 Å². The zero-order valence-corrected chi connectivity index (χ0v) is 19.1. The van der Waals surface area contributed by atoms with E-state index in [-0.39, 0.29) is 6.61 Å². The van der Waals surface area contributed by atoms with Gasteiger partial charge in [0.15, 0.2) is 11.5 Å². The first-order valence-corrected chi connectivity index (χ1v) is 11.1. The topological polar surface area (TPSA) is 63.0 Å². The molecule has 0 radical (unpaired) electrons. The molecule has 1 fully saturated rings. The predicted molar refractivity (Wildman–Crippen MR) is 129 cm³/mol. The summed E-state index contributed by atoms with van der Waals surface area (Å²) in [6.07, 6.45) is 8.09. The number of rotatable bonds is 8. The van der Waals surface area contributed by atoms with E-state index >= 15 is 0 Å². The van der Waals surface area contributed by atoms with E-state index < -0.39 is 6.10 Å². The van der Waals surface area contributed by atoms with Crippen molar-refractivity contribution >= 4 is 5.69 Å². The summed E-state index contributed by atoms with van der Waals surface area (Å²) in [6.45, 7) is 4.65. The van der Waals surface area contributed by atoms with Crippen molar-refractivity contribution in [3.05, 3.63) is 71.8 Å². The fourth-order valence-electron chi connectivity index (χ4n) is 4.24. The van der Waals surface area contributed by atoms with Crippen LogP contribution in [0.3, 0.4) is 0 Å². The molecular weight excluding hydrogens is 416 g/mol. The van der Waals surface area contributed by atoms with E-state index in [4.69, 9.17) is 15.9 Å². The average Bonchev–Trinajstić information content (AvgIpc) is 3.29. The second kappa shape index (κ2) is 10.4. The number of ether oxygens (including phenoxy) is 2. The number of aliphatic hydroxyl groups excluding tert-OH is 1. The Balaban J connectivity index is 1.41. The van der Waals surface area contributed by atoms with Gasteiger partial charge in [-0.2, -0.15) is 0 Å². The molecule has 3 aromatic rings. The third kappa shape index (κ3) is 5.14. The molecule has 4 rings (SSSR count). The van der Waals surface area contributed by atoms with Crippen molar-refractivity contribution in [2.75, 3.05) is 44.8 Å². The maximum absolute atomic E-state index is 11.0. The van der Waals surface area contributed by atoms with Gasteiger partial charge in [0, 0.05) is 63.4 Å². The number of imidazole rings is 1. The molecule has 0 bridgehead atoms. The van der Waals surface area contributed by atoms with Gasteiger partial charge in [-0.1, -0.05) is 30.2 Å². The van der Waals surface area contributed by atoms with Crippen LogP contribution in [0, 0.1) is 12.3 Å². The van der Waals surface area contributed by atoms with Crippen LogP contribution in [-0.2, 0) is 13.6 Å². The number of nitrogens with zero attached hydrogens (tertiary/aromatic N) is 4. The largest absolute Gasteiger partial charge is 0.493 e. The molecule has 0 aliphatic carbocycles. The summed E-state index contributed by atoms with van der Waals surface area (Å²) >= 11 is 0. The molecule has 172 valence electrons. The van der Waals surface area contributed by atoms with Crippen LogP contribution in [0.5, 0.6) is 11.5 Å². The van der Waals surface area contributed by atoms with Gasteiger partial charge in [-0.25, -0.2) is 4.98 Å². The Kier molecular flexibility index (Phi) is 7.18. The highest BCUT2D eigenvalue weighted by molar-refractivity contribution is 5.56. The summed E-state index contributed by atoms with van der Waals surface area (Å²) in [4.78, 5) is 9.10. The Hall–Kier alpha value is -3.47. The highest BCUT2D eigenvalue weighted by atomic mass is 16.5. The third-order valence-corrected chi connectivity index (χ3v) is 5.99. The van der Waals surface area contributed by atoms with Crippen molar-refractivity contribution in [3.8, 4) is 23.8 Å². The minimum Gasteiger partial charge on any atom is -0.493 e. The quantitative estimate of drug-likeness (QED) is 0.537. The molecule has 7 heteroatoms. The van der Waals surface area contributed by atoms with Crippen molar-refractivity contribution in [1.29, 1.82) is 0 Å². The van der Waals surface area contributed by atoms with Crippen molar-refractivity contribution < 1.29 is 14.6 Å². The summed E-state index contributed by atoms with van der Waals surface area (Å²) in [5.41, 5.74) is 3.11.